The fourth-order valence-corrected chi connectivity index (χ4v) is 3.07. The molecule has 4 N–H and O–H groups in total. The van der Waals surface area contributed by atoms with Crippen molar-refractivity contribution in [2.45, 2.75) is 13.0 Å². The van der Waals surface area contributed by atoms with E-state index in [9.17, 15) is 0 Å². The van der Waals surface area contributed by atoms with Crippen molar-refractivity contribution in [1.82, 2.24) is 10.3 Å². The monoisotopic (exact) mass is 514 g/mol. The van der Waals surface area contributed by atoms with Gasteiger partial charge < -0.3 is 25.5 Å². The van der Waals surface area contributed by atoms with Crippen LogP contribution in [0, 0.1) is 0 Å². The number of halogens is 2. The van der Waals surface area contributed by atoms with Crippen molar-refractivity contribution in [3.8, 4) is 11.5 Å². The smallest absolute Gasteiger partial charge is 0.188 e. The summed E-state index contributed by atoms with van der Waals surface area (Å²) in [5.41, 5.74) is 9.23. The number of benzene rings is 2. The molecule has 0 amide bonds. The number of fused-ring (bicyclic) bond motifs is 1. The summed E-state index contributed by atoms with van der Waals surface area (Å²) in [7, 11) is 3.22. The van der Waals surface area contributed by atoms with Crippen LogP contribution in [0.2, 0.25) is 5.02 Å². The van der Waals surface area contributed by atoms with Crippen LogP contribution >= 0.6 is 35.6 Å². The topological polar surface area (TPSA) is 84.7 Å². The van der Waals surface area contributed by atoms with E-state index in [0.717, 1.165) is 27.9 Å². The Morgan fingerprint density at radius 3 is 2.68 bits per heavy atom. The molecule has 1 heterocycles. The second-order valence-corrected chi connectivity index (χ2v) is 6.51. The maximum Gasteiger partial charge on any atom is 0.188 e. The summed E-state index contributed by atoms with van der Waals surface area (Å²) in [4.78, 5) is 7.63. The fourth-order valence-electron chi connectivity index (χ4n) is 2.89. The molecule has 0 aliphatic heterocycles. The molecule has 2 aromatic carbocycles. The summed E-state index contributed by atoms with van der Waals surface area (Å²) >= 11 is 6.09. The summed E-state index contributed by atoms with van der Waals surface area (Å²) < 4.78 is 10.5. The van der Waals surface area contributed by atoms with E-state index < -0.39 is 0 Å². The van der Waals surface area contributed by atoms with E-state index in [-0.39, 0.29) is 24.0 Å². The van der Waals surface area contributed by atoms with Gasteiger partial charge in [-0.2, -0.15) is 0 Å². The van der Waals surface area contributed by atoms with Crippen molar-refractivity contribution < 1.29 is 9.47 Å². The molecule has 0 fully saturated rings. The van der Waals surface area contributed by atoms with Crippen LogP contribution in [0.5, 0.6) is 11.5 Å². The van der Waals surface area contributed by atoms with Crippen LogP contribution in [0.25, 0.3) is 10.9 Å². The maximum atomic E-state index is 6.09. The number of nitrogens with two attached hydrogens (primary N) is 1. The molecule has 0 saturated carbocycles. The second kappa shape index (κ2) is 10.4. The maximum absolute atomic E-state index is 6.09. The standard InChI is InChI=1S/C20H23ClN4O2.HI/c1-26-18-6-3-13(9-19(18)27-2)11-25-20(22)23-8-7-14-12-24-17-5-4-15(21)10-16(14)17;/h3-6,9-10,12,24H,7-8,11H2,1-2H3,(H3,22,23,25);1H. The zero-order valence-corrected chi connectivity index (χ0v) is 18.9. The Balaban J connectivity index is 0.00000280. The number of hydrogen-bond acceptors (Lipinski definition) is 3. The van der Waals surface area contributed by atoms with Gasteiger partial charge in [0.1, 0.15) is 0 Å². The van der Waals surface area contributed by atoms with Crippen molar-refractivity contribution in [1.29, 1.82) is 0 Å². The van der Waals surface area contributed by atoms with Gasteiger partial charge in [0.05, 0.1) is 20.8 Å². The lowest BCUT2D eigenvalue weighted by Gasteiger charge is -2.09. The Bertz CT molecular complexity index is 959. The van der Waals surface area contributed by atoms with Gasteiger partial charge in [0.15, 0.2) is 17.5 Å². The highest BCUT2D eigenvalue weighted by Gasteiger charge is 2.06. The van der Waals surface area contributed by atoms with Gasteiger partial charge >= 0.3 is 0 Å². The normalized spacial score (nSPS) is 11.2. The molecule has 150 valence electrons. The van der Waals surface area contributed by atoms with E-state index >= 15 is 0 Å². The molecule has 0 bridgehead atoms. The molecule has 0 spiro atoms. The highest BCUT2D eigenvalue weighted by Crippen LogP contribution is 2.27. The minimum absolute atomic E-state index is 0. The molecule has 3 rings (SSSR count). The van der Waals surface area contributed by atoms with Gasteiger partial charge in [0.2, 0.25) is 0 Å². The first-order valence-electron chi connectivity index (χ1n) is 8.61. The molecular formula is C20H24ClIN4O2. The number of guanidine groups is 1. The Labute approximate surface area is 186 Å². The Hall–Kier alpha value is -2.13. The predicted octanol–water partition coefficient (Wildman–Crippen LogP) is 4.10. The minimum atomic E-state index is 0. The third-order valence-electron chi connectivity index (χ3n) is 4.31. The fraction of sp³-hybridized carbons (Fsp3) is 0.250. The molecule has 1 aromatic heterocycles. The van der Waals surface area contributed by atoms with Crippen molar-refractivity contribution >= 4 is 52.4 Å². The number of ether oxygens (including phenoxy) is 2. The van der Waals surface area contributed by atoms with Crippen LogP contribution < -0.4 is 20.5 Å². The zero-order chi connectivity index (χ0) is 19.2. The molecule has 6 nitrogen and oxygen atoms in total. The zero-order valence-electron chi connectivity index (χ0n) is 15.8. The lowest BCUT2D eigenvalue weighted by molar-refractivity contribution is 0.354. The number of rotatable bonds is 7. The molecule has 0 atom stereocenters. The van der Waals surface area contributed by atoms with Crippen LogP contribution in [0.4, 0.5) is 0 Å². The highest BCUT2D eigenvalue weighted by atomic mass is 127. The lowest BCUT2D eigenvalue weighted by Crippen LogP contribution is -2.33. The largest absolute Gasteiger partial charge is 0.493 e. The number of H-pyrrole nitrogens is 1. The van der Waals surface area contributed by atoms with Crippen LogP contribution in [-0.4, -0.2) is 31.7 Å². The molecule has 28 heavy (non-hydrogen) atoms. The van der Waals surface area contributed by atoms with Gasteiger partial charge in [-0.15, -0.1) is 24.0 Å². The predicted molar refractivity (Wildman–Crippen MR) is 125 cm³/mol. The molecule has 0 unspecified atom stereocenters. The second-order valence-electron chi connectivity index (χ2n) is 6.07. The molecule has 3 aromatic rings. The van der Waals surface area contributed by atoms with Gasteiger partial charge in [-0.05, 0) is 47.9 Å². The summed E-state index contributed by atoms with van der Waals surface area (Å²) in [6, 6.07) is 11.5. The number of aromatic amines is 1. The number of aliphatic imine (C=N–C) groups is 1. The number of methoxy groups -OCH3 is 2. The van der Waals surface area contributed by atoms with E-state index in [1.807, 2.05) is 42.6 Å². The molecule has 0 radical (unpaired) electrons. The molecule has 0 aliphatic rings. The lowest BCUT2D eigenvalue weighted by atomic mass is 10.1. The quantitative estimate of drug-likeness (QED) is 0.252. The van der Waals surface area contributed by atoms with Crippen LogP contribution in [0.15, 0.2) is 47.6 Å². The summed E-state index contributed by atoms with van der Waals surface area (Å²) in [5.74, 6) is 1.77. The number of hydrogen-bond donors (Lipinski definition) is 3. The third-order valence-corrected chi connectivity index (χ3v) is 4.54. The Morgan fingerprint density at radius 2 is 1.93 bits per heavy atom. The molecule has 0 aliphatic carbocycles. The summed E-state index contributed by atoms with van der Waals surface area (Å²) in [6.07, 6.45) is 2.81. The SMILES string of the molecule is COc1ccc(CN=C(N)NCCc2c[nH]c3ccc(Cl)cc23)cc1OC.I. The van der Waals surface area contributed by atoms with Gasteiger partial charge in [-0.25, -0.2) is 4.99 Å². The minimum Gasteiger partial charge on any atom is -0.493 e. The average molecular weight is 515 g/mol. The highest BCUT2D eigenvalue weighted by molar-refractivity contribution is 14.0. The third kappa shape index (κ3) is 5.45. The van der Waals surface area contributed by atoms with E-state index in [1.165, 1.54) is 5.56 Å². The van der Waals surface area contributed by atoms with Gasteiger partial charge in [0.25, 0.3) is 0 Å². The van der Waals surface area contributed by atoms with Gasteiger partial charge in [-0.3, -0.25) is 0 Å². The van der Waals surface area contributed by atoms with Crippen LogP contribution in [-0.2, 0) is 13.0 Å². The van der Waals surface area contributed by atoms with E-state index in [4.69, 9.17) is 26.8 Å². The number of aromatic nitrogens is 1. The summed E-state index contributed by atoms with van der Waals surface area (Å²) in [5, 5.41) is 5.01. The van der Waals surface area contributed by atoms with Crippen molar-refractivity contribution in [2.24, 2.45) is 10.7 Å². The number of nitrogens with zero attached hydrogens (tertiary/aromatic N) is 1. The molecular weight excluding hydrogens is 491 g/mol. The summed E-state index contributed by atoms with van der Waals surface area (Å²) in [6.45, 7) is 1.14. The van der Waals surface area contributed by atoms with E-state index in [0.29, 0.717) is 30.5 Å². The Morgan fingerprint density at radius 1 is 1.14 bits per heavy atom. The number of nitrogens with one attached hydrogen (secondary N) is 2. The van der Waals surface area contributed by atoms with E-state index in [1.54, 1.807) is 14.2 Å². The van der Waals surface area contributed by atoms with E-state index in [2.05, 4.69) is 15.3 Å². The van der Waals surface area contributed by atoms with Crippen LogP contribution in [0.3, 0.4) is 0 Å². The van der Waals surface area contributed by atoms with Crippen molar-refractivity contribution in [3.05, 3.63) is 58.7 Å². The van der Waals surface area contributed by atoms with Crippen molar-refractivity contribution in [2.75, 3.05) is 20.8 Å². The molecule has 0 saturated heterocycles. The first-order valence-corrected chi connectivity index (χ1v) is 8.98. The van der Waals surface area contributed by atoms with Crippen LogP contribution in [0.1, 0.15) is 11.1 Å². The van der Waals surface area contributed by atoms with Gasteiger partial charge in [-0.1, -0.05) is 17.7 Å². The first kappa shape index (κ1) is 22.2. The Kier molecular flexibility index (Phi) is 8.25. The first-order chi connectivity index (χ1) is 13.1. The van der Waals surface area contributed by atoms with Crippen molar-refractivity contribution in [3.63, 3.8) is 0 Å². The molecule has 8 heteroatoms. The average Bonchev–Trinajstić information content (AvgIpc) is 3.08. The van der Waals surface area contributed by atoms with Gasteiger partial charge in [0, 0.05) is 28.7 Å².